The quantitative estimate of drug-likeness (QED) is 0.905. The number of aromatic nitrogens is 2. The molecule has 2 aromatic rings. The zero-order chi connectivity index (χ0) is 13.1. The molecule has 2 rings (SSSR count). The molecule has 96 valence electrons. The maximum Gasteiger partial charge on any atom is 0.207 e. The Balaban J connectivity index is 2.47. The molecule has 0 amide bonds. The van der Waals surface area contributed by atoms with Gasteiger partial charge in [-0.25, -0.2) is 9.37 Å². The molecule has 0 aliphatic heterocycles. The highest BCUT2D eigenvalue weighted by Gasteiger charge is 2.09. The molecule has 0 bridgehead atoms. The van der Waals surface area contributed by atoms with E-state index < -0.39 is 0 Å². The Morgan fingerprint density at radius 1 is 1.44 bits per heavy atom. The largest absolute Gasteiger partial charge is 0.494 e. The summed E-state index contributed by atoms with van der Waals surface area (Å²) in [6.45, 7) is 4.69. The molecule has 1 aromatic heterocycles. The van der Waals surface area contributed by atoms with Gasteiger partial charge in [-0.1, -0.05) is 0 Å². The first-order valence-corrected chi connectivity index (χ1v) is 5.79. The van der Waals surface area contributed by atoms with Crippen molar-refractivity contribution in [3.63, 3.8) is 0 Å². The molecular formula is C13H16FN3O. The minimum atomic E-state index is -0.372. The van der Waals surface area contributed by atoms with Gasteiger partial charge in [-0.2, -0.15) is 0 Å². The van der Waals surface area contributed by atoms with Gasteiger partial charge in [-0.15, -0.1) is 0 Å². The Kier molecular flexibility index (Phi) is 3.50. The van der Waals surface area contributed by atoms with Crippen molar-refractivity contribution in [2.45, 2.75) is 13.8 Å². The van der Waals surface area contributed by atoms with Gasteiger partial charge in [-0.05, 0) is 26.0 Å². The van der Waals surface area contributed by atoms with E-state index in [0.717, 1.165) is 23.9 Å². The highest BCUT2D eigenvalue weighted by Crippen LogP contribution is 2.23. The average Bonchev–Trinajstić information content (AvgIpc) is 2.71. The Bertz CT molecular complexity index is 551. The summed E-state index contributed by atoms with van der Waals surface area (Å²) in [7, 11) is 1.45. The lowest BCUT2D eigenvalue weighted by atomic mass is 10.3. The molecule has 1 N–H and O–H groups in total. The van der Waals surface area contributed by atoms with Crippen LogP contribution in [0.2, 0.25) is 0 Å². The molecule has 1 heterocycles. The van der Waals surface area contributed by atoms with Crippen LogP contribution in [0.3, 0.4) is 0 Å². The van der Waals surface area contributed by atoms with E-state index in [1.807, 2.05) is 24.6 Å². The average molecular weight is 249 g/mol. The molecule has 0 saturated heterocycles. The van der Waals surface area contributed by atoms with E-state index in [9.17, 15) is 4.39 Å². The van der Waals surface area contributed by atoms with Crippen LogP contribution < -0.4 is 10.1 Å². The Morgan fingerprint density at radius 2 is 2.22 bits per heavy atom. The maximum atomic E-state index is 13.4. The molecule has 5 heteroatoms. The third-order valence-corrected chi connectivity index (χ3v) is 2.57. The van der Waals surface area contributed by atoms with Crippen LogP contribution in [0.4, 0.5) is 10.3 Å². The van der Waals surface area contributed by atoms with E-state index in [1.165, 1.54) is 13.2 Å². The summed E-state index contributed by atoms with van der Waals surface area (Å²) in [5.74, 6) is 0.591. The number of methoxy groups -OCH3 is 1. The van der Waals surface area contributed by atoms with E-state index in [4.69, 9.17) is 4.74 Å². The molecule has 4 nitrogen and oxygen atoms in total. The van der Waals surface area contributed by atoms with Crippen LogP contribution >= 0.6 is 0 Å². The van der Waals surface area contributed by atoms with Gasteiger partial charge < -0.3 is 10.1 Å². The summed E-state index contributed by atoms with van der Waals surface area (Å²) in [6, 6.07) is 4.73. The first-order chi connectivity index (χ1) is 8.65. The summed E-state index contributed by atoms with van der Waals surface area (Å²) < 4.78 is 20.2. The van der Waals surface area contributed by atoms with Crippen molar-refractivity contribution in [2.75, 3.05) is 19.0 Å². The molecule has 0 saturated carbocycles. The van der Waals surface area contributed by atoms with E-state index in [2.05, 4.69) is 10.3 Å². The Hall–Kier alpha value is -2.04. The molecule has 0 aliphatic carbocycles. The fourth-order valence-corrected chi connectivity index (χ4v) is 1.78. The summed E-state index contributed by atoms with van der Waals surface area (Å²) in [6.07, 6.45) is 1.89. The lowest BCUT2D eigenvalue weighted by Crippen LogP contribution is -2.05. The second kappa shape index (κ2) is 5.08. The highest BCUT2D eigenvalue weighted by atomic mass is 19.1. The van der Waals surface area contributed by atoms with Crippen LogP contribution in [-0.4, -0.2) is 23.2 Å². The number of nitrogens with zero attached hydrogens (tertiary/aromatic N) is 2. The van der Waals surface area contributed by atoms with E-state index >= 15 is 0 Å². The molecule has 18 heavy (non-hydrogen) atoms. The fraction of sp³-hybridized carbons (Fsp3) is 0.308. The lowest BCUT2D eigenvalue weighted by molar-refractivity contribution is 0.386. The minimum Gasteiger partial charge on any atom is -0.494 e. The smallest absolute Gasteiger partial charge is 0.207 e. The summed E-state index contributed by atoms with van der Waals surface area (Å²) >= 11 is 0. The first kappa shape index (κ1) is 12.4. The fourth-order valence-electron chi connectivity index (χ4n) is 1.78. The van der Waals surface area contributed by atoms with Crippen molar-refractivity contribution in [2.24, 2.45) is 0 Å². The normalized spacial score (nSPS) is 10.4. The molecular weight excluding hydrogens is 233 g/mol. The van der Waals surface area contributed by atoms with Crippen LogP contribution in [0.1, 0.15) is 12.6 Å². The number of aryl methyl sites for hydroxylation is 1. The van der Waals surface area contributed by atoms with Crippen LogP contribution in [0, 0.1) is 12.7 Å². The SMILES string of the molecule is CCNc1nc(C)cn1-c1ccc(F)c(OC)c1. The zero-order valence-corrected chi connectivity index (χ0v) is 10.7. The van der Waals surface area contributed by atoms with Crippen molar-refractivity contribution in [3.8, 4) is 11.4 Å². The number of imidazole rings is 1. The van der Waals surface area contributed by atoms with Crippen LogP contribution in [-0.2, 0) is 0 Å². The molecule has 0 radical (unpaired) electrons. The van der Waals surface area contributed by atoms with E-state index in [-0.39, 0.29) is 11.6 Å². The third kappa shape index (κ3) is 2.30. The number of ether oxygens (including phenoxy) is 1. The standard InChI is InChI=1S/C13H16FN3O/c1-4-15-13-16-9(2)8-17(13)10-5-6-11(14)12(7-10)18-3/h5-8H,4H2,1-3H3,(H,15,16). The van der Waals surface area contributed by atoms with Crippen LogP contribution in [0.5, 0.6) is 5.75 Å². The summed E-state index contributed by atoms with van der Waals surface area (Å²) in [5, 5.41) is 3.16. The number of hydrogen-bond donors (Lipinski definition) is 1. The second-order valence-electron chi connectivity index (χ2n) is 3.93. The topological polar surface area (TPSA) is 39.1 Å². The van der Waals surface area contributed by atoms with Gasteiger partial charge in [0.25, 0.3) is 0 Å². The van der Waals surface area contributed by atoms with Gasteiger partial charge >= 0.3 is 0 Å². The predicted molar refractivity (Wildman–Crippen MR) is 69.0 cm³/mol. The van der Waals surface area contributed by atoms with Crippen molar-refractivity contribution in [3.05, 3.63) is 35.9 Å². The van der Waals surface area contributed by atoms with Crippen LogP contribution in [0.15, 0.2) is 24.4 Å². The Labute approximate surface area is 105 Å². The molecule has 0 unspecified atom stereocenters. The van der Waals surface area contributed by atoms with E-state index in [0.29, 0.717) is 0 Å². The molecule has 0 atom stereocenters. The Morgan fingerprint density at radius 3 is 2.89 bits per heavy atom. The predicted octanol–water partition coefficient (Wildman–Crippen LogP) is 2.76. The van der Waals surface area contributed by atoms with Gasteiger partial charge in [0, 0.05) is 18.8 Å². The minimum absolute atomic E-state index is 0.223. The van der Waals surface area contributed by atoms with Crippen LogP contribution in [0.25, 0.3) is 5.69 Å². The van der Waals surface area contributed by atoms with Crippen molar-refractivity contribution in [1.82, 2.24) is 9.55 Å². The number of nitrogens with one attached hydrogen (secondary N) is 1. The number of anilines is 1. The van der Waals surface area contributed by atoms with Gasteiger partial charge in [-0.3, -0.25) is 4.57 Å². The van der Waals surface area contributed by atoms with Crippen molar-refractivity contribution < 1.29 is 9.13 Å². The van der Waals surface area contributed by atoms with E-state index in [1.54, 1.807) is 12.1 Å². The molecule has 0 fully saturated rings. The number of halogens is 1. The monoisotopic (exact) mass is 249 g/mol. The van der Waals surface area contributed by atoms with Gasteiger partial charge in [0.05, 0.1) is 18.5 Å². The van der Waals surface area contributed by atoms with Crippen molar-refractivity contribution in [1.29, 1.82) is 0 Å². The van der Waals surface area contributed by atoms with Gasteiger partial charge in [0.1, 0.15) is 0 Å². The lowest BCUT2D eigenvalue weighted by Gasteiger charge is -2.10. The molecule has 0 aliphatic rings. The summed E-state index contributed by atoms with van der Waals surface area (Å²) in [4.78, 5) is 4.37. The van der Waals surface area contributed by atoms with Crippen molar-refractivity contribution >= 4 is 5.95 Å². The zero-order valence-electron chi connectivity index (χ0n) is 10.7. The third-order valence-electron chi connectivity index (χ3n) is 2.57. The first-order valence-electron chi connectivity index (χ1n) is 5.79. The maximum absolute atomic E-state index is 13.4. The summed E-state index contributed by atoms with van der Waals surface area (Å²) in [5.41, 5.74) is 1.71. The number of hydrogen-bond acceptors (Lipinski definition) is 3. The van der Waals surface area contributed by atoms with Gasteiger partial charge in [0.15, 0.2) is 11.6 Å². The highest BCUT2D eigenvalue weighted by molar-refractivity contribution is 5.46. The molecule has 1 aromatic carbocycles. The molecule has 0 spiro atoms. The van der Waals surface area contributed by atoms with Gasteiger partial charge in [0.2, 0.25) is 5.95 Å². The number of benzene rings is 1. The number of rotatable bonds is 4. The second-order valence-corrected chi connectivity index (χ2v) is 3.93.